The highest BCUT2D eigenvalue weighted by molar-refractivity contribution is 5.74. The van der Waals surface area contributed by atoms with Crippen molar-refractivity contribution < 1.29 is 17.9 Å². The first kappa shape index (κ1) is 25.9. The first-order valence-corrected chi connectivity index (χ1v) is 12.8. The molecule has 0 saturated carbocycles. The van der Waals surface area contributed by atoms with Gasteiger partial charge in [0.2, 0.25) is 0 Å². The summed E-state index contributed by atoms with van der Waals surface area (Å²) in [4.78, 5) is 30.8. The Morgan fingerprint density at radius 3 is 2.48 bits per heavy atom. The van der Waals surface area contributed by atoms with Crippen LogP contribution in [-0.2, 0) is 24.5 Å². The number of nitrogens with zero attached hydrogens (tertiary/aromatic N) is 7. The van der Waals surface area contributed by atoms with Crippen LogP contribution in [-0.4, -0.2) is 46.9 Å². The fraction of sp³-hybridized carbons (Fsp3) is 0.321. The Balaban J connectivity index is 1.36. The SMILES string of the molecule is CC(C)c1ncccc1-c1ncc2c(n1)n(Cc1ccc(-c3nc(C(F)(F)F)cn3C3COC3)cc1)c(=O)n2C. The summed E-state index contributed by atoms with van der Waals surface area (Å²) in [5.74, 6) is 0.863. The van der Waals surface area contributed by atoms with Gasteiger partial charge in [0, 0.05) is 30.6 Å². The molecule has 0 radical (unpaired) electrons. The van der Waals surface area contributed by atoms with Crippen LogP contribution in [0.5, 0.6) is 0 Å². The molecule has 9 nitrogen and oxygen atoms in total. The van der Waals surface area contributed by atoms with Crippen LogP contribution in [0.1, 0.15) is 42.8 Å². The number of hydrogen-bond acceptors (Lipinski definition) is 6. The van der Waals surface area contributed by atoms with Gasteiger partial charge < -0.3 is 9.30 Å². The molecule has 6 rings (SSSR count). The number of ether oxygens (including phenoxy) is 1. The van der Waals surface area contributed by atoms with Gasteiger partial charge in [0.25, 0.3) is 0 Å². The number of rotatable bonds is 6. The largest absolute Gasteiger partial charge is 0.434 e. The molecule has 1 aliphatic rings. The first-order valence-electron chi connectivity index (χ1n) is 12.8. The van der Waals surface area contributed by atoms with Gasteiger partial charge in [0.15, 0.2) is 17.2 Å². The minimum absolute atomic E-state index is 0.159. The van der Waals surface area contributed by atoms with Crippen LogP contribution in [0.4, 0.5) is 13.2 Å². The van der Waals surface area contributed by atoms with Crippen molar-refractivity contribution >= 4 is 11.2 Å². The molecule has 5 aromatic rings. The van der Waals surface area contributed by atoms with Crippen molar-refractivity contribution in [2.24, 2.45) is 7.05 Å². The van der Waals surface area contributed by atoms with Gasteiger partial charge in [-0.1, -0.05) is 38.1 Å². The average Bonchev–Trinajstić information content (AvgIpc) is 3.44. The summed E-state index contributed by atoms with van der Waals surface area (Å²) in [6, 6.07) is 10.5. The number of pyridine rings is 1. The molecule has 206 valence electrons. The Hall–Kier alpha value is -4.32. The molecule has 0 N–H and O–H groups in total. The van der Waals surface area contributed by atoms with Crippen molar-refractivity contribution in [1.29, 1.82) is 0 Å². The van der Waals surface area contributed by atoms with Gasteiger partial charge in [-0.05, 0) is 23.6 Å². The molecule has 0 spiro atoms. The van der Waals surface area contributed by atoms with Crippen molar-refractivity contribution in [3.8, 4) is 22.8 Å². The minimum Gasteiger partial charge on any atom is -0.377 e. The third-order valence-corrected chi connectivity index (χ3v) is 7.10. The summed E-state index contributed by atoms with van der Waals surface area (Å²) in [7, 11) is 1.67. The molecule has 40 heavy (non-hydrogen) atoms. The number of aryl methyl sites for hydroxylation is 1. The fourth-order valence-corrected chi connectivity index (χ4v) is 4.86. The summed E-state index contributed by atoms with van der Waals surface area (Å²) < 4.78 is 50.0. The van der Waals surface area contributed by atoms with Gasteiger partial charge in [0.05, 0.1) is 37.7 Å². The first-order chi connectivity index (χ1) is 19.1. The van der Waals surface area contributed by atoms with Crippen molar-refractivity contribution in [2.75, 3.05) is 13.2 Å². The molecule has 1 fully saturated rings. The van der Waals surface area contributed by atoms with E-state index in [-0.39, 0.29) is 30.0 Å². The van der Waals surface area contributed by atoms with Crippen LogP contribution < -0.4 is 5.69 Å². The molecule has 0 bridgehead atoms. The van der Waals surface area contributed by atoms with E-state index in [0.717, 1.165) is 23.0 Å². The summed E-state index contributed by atoms with van der Waals surface area (Å²) >= 11 is 0. The molecule has 12 heteroatoms. The van der Waals surface area contributed by atoms with E-state index >= 15 is 0 Å². The fourth-order valence-electron chi connectivity index (χ4n) is 4.86. The second kappa shape index (κ2) is 9.70. The lowest BCUT2D eigenvalue weighted by Crippen LogP contribution is -2.30. The number of benzene rings is 1. The van der Waals surface area contributed by atoms with Crippen molar-refractivity contribution in [3.05, 3.63) is 82.4 Å². The molecule has 4 aromatic heterocycles. The summed E-state index contributed by atoms with van der Waals surface area (Å²) in [5, 5.41) is 0. The smallest absolute Gasteiger partial charge is 0.377 e. The van der Waals surface area contributed by atoms with Crippen LogP contribution in [0.25, 0.3) is 33.9 Å². The van der Waals surface area contributed by atoms with Gasteiger partial charge in [-0.2, -0.15) is 13.2 Å². The molecule has 5 heterocycles. The zero-order chi connectivity index (χ0) is 28.2. The third-order valence-electron chi connectivity index (χ3n) is 7.10. The Bertz CT molecular complexity index is 1760. The van der Waals surface area contributed by atoms with Crippen molar-refractivity contribution in [1.82, 2.24) is 33.6 Å². The van der Waals surface area contributed by atoms with Crippen LogP contribution in [0.15, 0.2) is 59.8 Å². The standard InChI is InChI=1S/C28H26F3N7O2/c1-16(2)23-20(5-4-10-32-23)24-33-11-21-26(35-24)38(27(39)36(21)3)12-17-6-8-18(9-7-17)25-34-22(28(29,30)31)13-37(25)19-14-40-15-19/h4-11,13,16,19H,12,14-15H2,1-3H3. The number of aromatic nitrogens is 7. The number of halogens is 3. The van der Waals surface area contributed by atoms with Crippen LogP contribution in [0.3, 0.4) is 0 Å². The molecular formula is C28H26F3N7O2. The normalized spacial score (nSPS) is 14.3. The molecule has 0 atom stereocenters. The van der Waals surface area contributed by atoms with Crippen molar-refractivity contribution in [3.63, 3.8) is 0 Å². The number of hydrogen-bond donors (Lipinski definition) is 0. The minimum atomic E-state index is -4.55. The van der Waals surface area contributed by atoms with E-state index in [1.807, 2.05) is 26.0 Å². The lowest BCUT2D eigenvalue weighted by Gasteiger charge is -2.28. The van der Waals surface area contributed by atoms with E-state index in [0.29, 0.717) is 35.8 Å². The summed E-state index contributed by atoms with van der Waals surface area (Å²) in [6.45, 7) is 4.98. The van der Waals surface area contributed by atoms with Gasteiger partial charge in [-0.3, -0.25) is 14.1 Å². The van der Waals surface area contributed by atoms with E-state index in [1.54, 1.807) is 48.3 Å². The monoisotopic (exact) mass is 549 g/mol. The van der Waals surface area contributed by atoms with E-state index in [1.165, 1.54) is 9.13 Å². The molecule has 1 aromatic carbocycles. The maximum absolute atomic E-state index is 13.4. The topological polar surface area (TPSA) is 92.7 Å². The van der Waals surface area contributed by atoms with Gasteiger partial charge in [-0.25, -0.2) is 19.7 Å². The van der Waals surface area contributed by atoms with Crippen LogP contribution >= 0.6 is 0 Å². The molecule has 0 aliphatic carbocycles. The highest BCUT2D eigenvalue weighted by Crippen LogP contribution is 2.34. The van der Waals surface area contributed by atoms with Crippen LogP contribution in [0.2, 0.25) is 0 Å². The molecule has 0 unspecified atom stereocenters. The second-order valence-electron chi connectivity index (χ2n) is 10.2. The second-order valence-corrected chi connectivity index (χ2v) is 10.2. The molecule has 1 saturated heterocycles. The van der Waals surface area contributed by atoms with E-state index in [9.17, 15) is 18.0 Å². The van der Waals surface area contributed by atoms with Gasteiger partial charge in [0.1, 0.15) is 11.3 Å². The number of imidazole rings is 2. The van der Waals surface area contributed by atoms with Gasteiger partial charge >= 0.3 is 11.9 Å². The maximum Gasteiger partial charge on any atom is 0.434 e. The third kappa shape index (κ3) is 4.47. The summed E-state index contributed by atoms with van der Waals surface area (Å²) in [6.07, 6.45) is -0.142. The lowest BCUT2D eigenvalue weighted by molar-refractivity contribution is -0.141. The Morgan fingerprint density at radius 2 is 1.82 bits per heavy atom. The molecule has 1 aliphatic heterocycles. The summed E-state index contributed by atoms with van der Waals surface area (Å²) in [5.41, 5.74) is 2.87. The Labute approximate surface area is 226 Å². The van der Waals surface area contributed by atoms with E-state index in [2.05, 4.69) is 15.0 Å². The van der Waals surface area contributed by atoms with Crippen LogP contribution in [0, 0.1) is 0 Å². The quantitative estimate of drug-likeness (QED) is 0.302. The zero-order valence-corrected chi connectivity index (χ0v) is 22.1. The number of alkyl halides is 3. The molecule has 0 amide bonds. The van der Waals surface area contributed by atoms with Crippen molar-refractivity contribution in [2.45, 2.75) is 38.5 Å². The van der Waals surface area contributed by atoms with E-state index in [4.69, 9.17) is 9.72 Å². The highest BCUT2D eigenvalue weighted by Gasteiger charge is 2.36. The highest BCUT2D eigenvalue weighted by atomic mass is 19.4. The maximum atomic E-state index is 13.4. The van der Waals surface area contributed by atoms with Gasteiger partial charge in [-0.15, -0.1) is 0 Å². The van der Waals surface area contributed by atoms with E-state index < -0.39 is 11.9 Å². The number of fused-ring (bicyclic) bond motifs is 1. The average molecular weight is 550 g/mol. The predicted molar refractivity (Wildman–Crippen MR) is 142 cm³/mol. The Morgan fingerprint density at radius 1 is 1.07 bits per heavy atom. The predicted octanol–water partition coefficient (Wildman–Crippen LogP) is 4.82. The molecular weight excluding hydrogens is 523 g/mol. The lowest BCUT2D eigenvalue weighted by atomic mass is 10.0. The Kier molecular flexibility index (Phi) is 6.29. The zero-order valence-electron chi connectivity index (χ0n) is 22.1.